The third kappa shape index (κ3) is 3.49. The molecule has 0 radical (unpaired) electrons. The number of hydrogen-bond donors (Lipinski definition) is 1. The number of fused-ring (bicyclic) bond motifs is 2. The summed E-state index contributed by atoms with van der Waals surface area (Å²) < 4.78 is 1.86. The van der Waals surface area contributed by atoms with E-state index in [0.717, 1.165) is 42.7 Å². The normalized spacial score (nSPS) is 15.8. The quantitative estimate of drug-likeness (QED) is 0.478. The molecule has 0 bridgehead atoms. The van der Waals surface area contributed by atoms with Gasteiger partial charge in [0.05, 0.1) is 18.3 Å². The standard InChI is InChI=1S/C25H28N6/c1-16(2)23-21-13-19(18-6-9-30(10-7-18)11-8-26)4-5-22(21)29-24(23)20-12-17(3)25-27-15-28-31(25)14-20/h4-5,12-16,18,29H,6-7,9-11H2,1-3H3. The highest BCUT2D eigenvalue weighted by molar-refractivity contribution is 5.92. The van der Waals surface area contributed by atoms with Gasteiger partial charge in [0.25, 0.3) is 0 Å². The minimum atomic E-state index is 0.392. The van der Waals surface area contributed by atoms with E-state index in [4.69, 9.17) is 5.26 Å². The lowest BCUT2D eigenvalue weighted by Gasteiger charge is -2.30. The summed E-state index contributed by atoms with van der Waals surface area (Å²) in [5.41, 5.74) is 8.29. The summed E-state index contributed by atoms with van der Waals surface area (Å²) in [7, 11) is 0. The Morgan fingerprint density at radius 3 is 2.77 bits per heavy atom. The van der Waals surface area contributed by atoms with E-state index >= 15 is 0 Å². The van der Waals surface area contributed by atoms with Crippen LogP contribution in [0.1, 0.15) is 55.2 Å². The average Bonchev–Trinajstić information content (AvgIpc) is 3.39. The summed E-state index contributed by atoms with van der Waals surface area (Å²) in [4.78, 5) is 10.3. The van der Waals surface area contributed by atoms with Crippen LogP contribution in [-0.2, 0) is 0 Å². The van der Waals surface area contributed by atoms with Crippen molar-refractivity contribution in [2.45, 2.75) is 45.4 Å². The van der Waals surface area contributed by atoms with Crippen molar-refractivity contribution < 1.29 is 0 Å². The van der Waals surface area contributed by atoms with Crippen LogP contribution in [0.4, 0.5) is 0 Å². The zero-order chi connectivity index (χ0) is 21.5. The highest BCUT2D eigenvalue weighted by Gasteiger charge is 2.23. The minimum absolute atomic E-state index is 0.392. The zero-order valence-corrected chi connectivity index (χ0v) is 18.4. The van der Waals surface area contributed by atoms with Crippen LogP contribution in [0.3, 0.4) is 0 Å². The van der Waals surface area contributed by atoms with Crippen LogP contribution in [-0.4, -0.2) is 44.1 Å². The monoisotopic (exact) mass is 412 g/mol. The van der Waals surface area contributed by atoms with Gasteiger partial charge in [0.1, 0.15) is 6.33 Å². The van der Waals surface area contributed by atoms with Gasteiger partial charge in [-0.15, -0.1) is 0 Å². The lowest BCUT2D eigenvalue weighted by Crippen LogP contribution is -2.33. The largest absolute Gasteiger partial charge is 0.354 e. The number of piperidine rings is 1. The van der Waals surface area contributed by atoms with Gasteiger partial charge in [0, 0.05) is 22.7 Å². The molecule has 6 nitrogen and oxygen atoms in total. The first-order chi connectivity index (χ1) is 15.0. The molecule has 4 heterocycles. The van der Waals surface area contributed by atoms with Crippen LogP contribution in [0.5, 0.6) is 0 Å². The van der Waals surface area contributed by atoms with Crippen molar-refractivity contribution in [2.75, 3.05) is 19.6 Å². The molecule has 0 atom stereocenters. The van der Waals surface area contributed by atoms with Crippen LogP contribution in [0.2, 0.25) is 0 Å². The van der Waals surface area contributed by atoms with Gasteiger partial charge in [-0.1, -0.05) is 19.9 Å². The predicted molar refractivity (Wildman–Crippen MR) is 123 cm³/mol. The number of rotatable bonds is 4. The SMILES string of the molecule is Cc1cc(-c2[nH]c3ccc(C4CCN(CC#N)CC4)cc3c2C(C)C)cn2ncnc12. The first-order valence-corrected chi connectivity index (χ1v) is 11.1. The van der Waals surface area contributed by atoms with E-state index in [9.17, 15) is 0 Å². The highest BCUT2D eigenvalue weighted by atomic mass is 15.3. The molecule has 0 unspecified atom stereocenters. The van der Waals surface area contributed by atoms with E-state index in [1.165, 1.54) is 27.7 Å². The van der Waals surface area contributed by atoms with Crippen molar-refractivity contribution in [1.82, 2.24) is 24.5 Å². The number of likely N-dealkylation sites (tertiary alicyclic amines) is 1. The van der Waals surface area contributed by atoms with Gasteiger partial charge in [-0.3, -0.25) is 4.90 Å². The Kier molecular flexibility index (Phi) is 4.99. The number of aromatic amines is 1. The second-order valence-electron chi connectivity index (χ2n) is 9.02. The van der Waals surface area contributed by atoms with Gasteiger partial charge in [-0.25, -0.2) is 9.50 Å². The van der Waals surface area contributed by atoms with E-state index in [1.807, 2.05) is 4.52 Å². The molecule has 0 amide bonds. The Morgan fingerprint density at radius 1 is 1.23 bits per heavy atom. The Morgan fingerprint density at radius 2 is 2.03 bits per heavy atom. The molecule has 31 heavy (non-hydrogen) atoms. The first kappa shape index (κ1) is 19.8. The number of nitrogens with zero attached hydrogens (tertiary/aromatic N) is 5. The molecule has 1 aliphatic heterocycles. The van der Waals surface area contributed by atoms with Crippen LogP contribution in [0.15, 0.2) is 36.8 Å². The van der Waals surface area contributed by atoms with E-state index < -0.39 is 0 Å². The van der Waals surface area contributed by atoms with Crippen molar-refractivity contribution in [2.24, 2.45) is 0 Å². The van der Waals surface area contributed by atoms with Crippen molar-refractivity contribution in [3.8, 4) is 17.3 Å². The molecule has 1 fully saturated rings. The average molecular weight is 413 g/mol. The highest BCUT2D eigenvalue weighted by Crippen LogP contribution is 2.38. The Labute approximate surface area is 182 Å². The number of H-pyrrole nitrogens is 1. The molecule has 1 saturated heterocycles. The van der Waals surface area contributed by atoms with Gasteiger partial charge in [-0.2, -0.15) is 10.4 Å². The number of benzene rings is 1. The predicted octanol–water partition coefficient (Wildman–Crippen LogP) is 5.01. The third-order valence-electron chi connectivity index (χ3n) is 6.64. The van der Waals surface area contributed by atoms with Crippen LogP contribution in [0.25, 0.3) is 27.8 Å². The van der Waals surface area contributed by atoms with Gasteiger partial charge in [-0.05, 0) is 79.6 Å². The third-order valence-corrected chi connectivity index (χ3v) is 6.64. The molecule has 0 spiro atoms. The lowest BCUT2D eigenvalue weighted by atomic mass is 9.87. The Balaban J connectivity index is 1.56. The topological polar surface area (TPSA) is 73.0 Å². The Hall–Kier alpha value is -3.17. The fourth-order valence-corrected chi connectivity index (χ4v) is 5.07. The zero-order valence-electron chi connectivity index (χ0n) is 18.4. The molecule has 1 aliphatic rings. The summed E-state index contributed by atoms with van der Waals surface area (Å²) in [5.74, 6) is 0.953. The number of nitriles is 1. The second kappa shape index (κ2) is 7.82. The lowest BCUT2D eigenvalue weighted by molar-refractivity contribution is 0.235. The van der Waals surface area contributed by atoms with E-state index in [2.05, 4.69) is 77.3 Å². The van der Waals surface area contributed by atoms with Crippen molar-refractivity contribution >= 4 is 16.6 Å². The number of pyridine rings is 1. The maximum absolute atomic E-state index is 8.96. The summed E-state index contributed by atoms with van der Waals surface area (Å²) in [5, 5.41) is 14.6. The molecule has 158 valence electrons. The molecule has 1 aromatic carbocycles. The number of hydrogen-bond acceptors (Lipinski definition) is 4. The van der Waals surface area contributed by atoms with Crippen LogP contribution in [0, 0.1) is 18.3 Å². The molecule has 4 aromatic rings. The Bertz CT molecular complexity index is 1280. The molecule has 1 N–H and O–H groups in total. The molecular formula is C25H28N6. The van der Waals surface area contributed by atoms with Gasteiger partial charge in [0.2, 0.25) is 0 Å². The van der Waals surface area contributed by atoms with E-state index in [0.29, 0.717) is 18.4 Å². The van der Waals surface area contributed by atoms with Crippen molar-refractivity contribution in [3.05, 3.63) is 53.5 Å². The summed E-state index contributed by atoms with van der Waals surface area (Å²) >= 11 is 0. The van der Waals surface area contributed by atoms with E-state index in [1.54, 1.807) is 6.33 Å². The smallest absolute Gasteiger partial charge is 0.158 e. The van der Waals surface area contributed by atoms with Gasteiger partial charge >= 0.3 is 0 Å². The molecule has 5 rings (SSSR count). The van der Waals surface area contributed by atoms with Gasteiger partial charge in [0.15, 0.2) is 5.65 Å². The molecular weight excluding hydrogens is 384 g/mol. The maximum atomic E-state index is 8.96. The first-order valence-electron chi connectivity index (χ1n) is 11.1. The summed E-state index contributed by atoms with van der Waals surface area (Å²) in [6, 6.07) is 11.4. The molecule has 0 saturated carbocycles. The molecule has 0 aliphatic carbocycles. The van der Waals surface area contributed by atoms with E-state index in [-0.39, 0.29) is 0 Å². The van der Waals surface area contributed by atoms with Crippen LogP contribution < -0.4 is 0 Å². The molecule has 3 aromatic heterocycles. The fraction of sp³-hybridized carbons (Fsp3) is 0.400. The number of aromatic nitrogens is 4. The fourth-order valence-electron chi connectivity index (χ4n) is 5.07. The molecule has 6 heteroatoms. The number of nitrogens with one attached hydrogen (secondary N) is 1. The maximum Gasteiger partial charge on any atom is 0.158 e. The summed E-state index contributed by atoms with van der Waals surface area (Å²) in [6.07, 6.45) is 5.90. The van der Waals surface area contributed by atoms with Crippen LogP contribution >= 0.6 is 0 Å². The minimum Gasteiger partial charge on any atom is -0.354 e. The summed E-state index contributed by atoms with van der Waals surface area (Å²) in [6.45, 7) is 9.16. The van der Waals surface area contributed by atoms with Crippen molar-refractivity contribution in [3.63, 3.8) is 0 Å². The number of aryl methyl sites for hydroxylation is 1. The second-order valence-corrected chi connectivity index (χ2v) is 9.02. The van der Waals surface area contributed by atoms with Gasteiger partial charge < -0.3 is 4.98 Å². The van der Waals surface area contributed by atoms with Crippen molar-refractivity contribution in [1.29, 1.82) is 5.26 Å².